The molecule has 5 nitrogen and oxygen atoms in total. The Morgan fingerprint density at radius 3 is 2.61 bits per heavy atom. The van der Waals surface area contributed by atoms with Crippen molar-refractivity contribution in [1.29, 1.82) is 0 Å². The van der Waals surface area contributed by atoms with Crippen LogP contribution in [0.15, 0.2) is 35.2 Å². The second-order valence-electron chi connectivity index (χ2n) is 8.58. The van der Waals surface area contributed by atoms with Gasteiger partial charge in [0.2, 0.25) is 0 Å². The first kappa shape index (κ1) is 24.3. The van der Waals surface area contributed by atoms with Crippen LogP contribution >= 0.6 is 23.4 Å². The van der Waals surface area contributed by atoms with Gasteiger partial charge in [-0.3, -0.25) is 4.79 Å². The van der Waals surface area contributed by atoms with Crippen LogP contribution in [0.1, 0.15) is 23.7 Å². The summed E-state index contributed by atoms with van der Waals surface area (Å²) in [6.45, 7) is 3.72. The molecule has 10 heteroatoms. The van der Waals surface area contributed by atoms with Crippen LogP contribution in [0, 0.1) is 28.8 Å². The molecule has 2 N–H and O–H groups in total. The minimum absolute atomic E-state index is 0.0648. The van der Waals surface area contributed by atoms with Gasteiger partial charge in [0.1, 0.15) is 6.10 Å². The third kappa shape index (κ3) is 5.84. The summed E-state index contributed by atoms with van der Waals surface area (Å²) in [6.07, 6.45) is 0.471. The number of aliphatic hydroxyl groups excluding tert-OH is 1. The van der Waals surface area contributed by atoms with Gasteiger partial charge in [0.15, 0.2) is 17.5 Å². The third-order valence-corrected chi connectivity index (χ3v) is 7.73. The first-order valence-corrected chi connectivity index (χ1v) is 11.8. The van der Waals surface area contributed by atoms with E-state index in [-0.39, 0.29) is 34.8 Å². The Morgan fingerprint density at radius 1 is 1.33 bits per heavy atom. The summed E-state index contributed by atoms with van der Waals surface area (Å²) in [7, 11) is 0. The van der Waals surface area contributed by atoms with Gasteiger partial charge in [-0.1, -0.05) is 18.5 Å². The smallest absolute Gasteiger partial charge is 0.255 e. The molecule has 2 aromatic carbocycles. The average Bonchev–Trinajstić information content (AvgIpc) is 3.68. The first-order chi connectivity index (χ1) is 15.7. The van der Waals surface area contributed by atoms with E-state index in [1.165, 1.54) is 17.8 Å². The normalized spacial score (nSPS) is 24.4. The predicted molar refractivity (Wildman–Crippen MR) is 119 cm³/mol. The quantitative estimate of drug-likeness (QED) is 0.275. The second-order valence-corrected chi connectivity index (χ2v) is 10.0. The summed E-state index contributed by atoms with van der Waals surface area (Å²) in [5.74, 6) is -4.33. The largest absolute Gasteiger partial charge is 0.393 e. The summed E-state index contributed by atoms with van der Waals surface area (Å²) in [5.41, 5.74) is -0.216. The monoisotopic (exact) mass is 501 g/mol. The molecular weight excluding hydrogens is 479 g/mol. The number of carbonyl (C=O) groups is 1. The predicted octanol–water partition coefficient (Wildman–Crippen LogP) is 4.90. The average molecular weight is 502 g/mol. The molecule has 1 aliphatic carbocycles. The number of carbonyl (C=O) groups excluding carboxylic acids is 1. The van der Waals surface area contributed by atoms with E-state index in [2.05, 4.69) is 5.32 Å². The summed E-state index contributed by atoms with van der Waals surface area (Å²) in [6, 6.07) is 6.05. The molecule has 1 aliphatic heterocycles. The Labute approximate surface area is 198 Å². The third-order valence-electron chi connectivity index (χ3n) is 6.07. The summed E-state index contributed by atoms with van der Waals surface area (Å²) >= 11 is 7.77. The van der Waals surface area contributed by atoms with Gasteiger partial charge in [-0.05, 0) is 30.5 Å². The fourth-order valence-corrected chi connectivity index (χ4v) is 5.06. The van der Waals surface area contributed by atoms with Crippen LogP contribution in [0.25, 0.3) is 0 Å². The van der Waals surface area contributed by atoms with E-state index in [0.717, 1.165) is 0 Å². The second kappa shape index (κ2) is 9.84. The zero-order valence-electron chi connectivity index (χ0n) is 17.7. The van der Waals surface area contributed by atoms with E-state index >= 15 is 0 Å². The first-order valence-electron chi connectivity index (χ1n) is 10.4. The standard InChI is InChI=1S/C23H23ClF3NO4S/c1-23(7-20(23)29)13(8-31-9-15-10-32-15)11-33-19-4-12(2-3-16(19)24)22(30)28-14-5-17(25)21(27)18(26)6-14/h2-6,13,15,20,29H,7-11H2,1H3,(H,28,30). The van der Waals surface area contributed by atoms with E-state index in [1.54, 1.807) is 12.1 Å². The number of hydrogen-bond acceptors (Lipinski definition) is 5. The molecule has 0 bridgehead atoms. The van der Waals surface area contributed by atoms with Crippen molar-refractivity contribution in [2.24, 2.45) is 11.3 Å². The van der Waals surface area contributed by atoms with Crippen molar-refractivity contribution < 1.29 is 32.5 Å². The number of halogens is 4. The lowest BCUT2D eigenvalue weighted by molar-refractivity contribution is 0.0602. The molecule has 1 heterocycles. The number of anilines is 1. The molecule has 0 spiro atoms. The molecule has 4 atom stereocenters. The SMILES string of the molecule is CC1(C(COCC2CO2)CSc2cc(C(=O)Nc3cc(F)c(F)c(F)c3)ccc2Cl)CC1O. The van der Waals surface area contributed by atoms with Gasteiger partial charge in [0, 0.05) is 39.4 Å². The Kier molecular flexibility index (Phi) is 7.26. The Morgan fingerprint density at radius 2 is 2.00 bits per heavy atom. The van der Waals surface area contributed by atoms with E-state index < -0.39 is 23.4 Å². The van der Waals surface area contributed by atoms with Gasteiger partial charge in [-0.25, -0.2) is 13.2 Å². The Balaban J connectivity index is 1.42. The summed E-state index contributed by atoms with van der Waals surface area (Å²) < 4.78 is 50.9. The Bertz CT molecular complexity index is 1030. The molecule has 1 saturated carbocycles. The zero-order chi connectivity index (χ0) is 23.8. The van der Waals surface area contributed by atoms with Gasteiger partial charge in [-0.15, -0.1) is 11.8 Å². The fraction of sp³-hybridized carbons (Fsp3) is 0.435. The summed E-state index contributed by atoms with van der Waals surface area (Å²) in [4.78, 5) is 13.2. The number of thioether (sulfide) groups is 1. The van der Waals surface area contributed by atoms with Crippen molar-refractivity contribution >= 4 is 35.0 Å². The fourth-order valence-electron chi connectivity index (χ4n) is 3.51. The molecule has 2 aromatic rings. The molecule has 33 heavy (non-hydrogen) atoms. The van der Waals surface area contributed by atoms with Gasteiger partial charge < -0.3 is 19.9 Å². The number of hydrogen-bond donors (Lipinski definition) is 2. The number of ether oxygens (including phenoxy) is 2. The molecule has 0 aromatic heterocycles. The van der Waals surface area contributed by atoms with Crippen molar-refractivity contribution in [2.75, 3.05) is 30.9 Å². The highest BCUT2D eigenvalue weighted by atomic mass is 35.5. The number of nitrogens with one attached hydrogen (secondary N) is 1. The molecule has 2 fully saturated rings. The van der Waals surface area contributed by atoms with Crippen molar-refractivity contribution in [2.45, 2.75) is 30.4 Å². The molecule has 2 aliphatic rings. The highest BCUT2D eigenvalue weighted by Crippen LogP contribution is 2.53. The van der Waals surface area contributed by atoms with Gasteiger partial charge in [0.05, 0.1) is 30.9 Å². The maximum absolute atomic E-state index is 13.4. The number of benzene rings is 2. The molecule has 4 rings (SSSR count). The maximum atomic E-state index is 13.4. The van der Waals surface area contributed by atoms with Gasteiger partial charge in [0.25, 0.3) is 5.91 Å². The van der Waals surface area contributed by atoms with Crippen LogP contribution < -0.4 is 5.32 Å². The minimum atomic E-state index is -1.60. The topological polar surface area (TPSA) is 71.1 Å². The van der Waals surface area contributed by atoms with Crippen LogP contribution in [-0.4, -0.2) is 48.8 Å². The zero-order valence-corrected chi connectivity index (χ0v) is 19.3. The number of rotatable bonds is 10. The number of epoxide rings is 1. The van der Waals surface area contributed by atoms with Gasteiger partial charge in [-0.2, -0.15) is 0 Å². The molecule has 4 unspecified atom stereocenters. The van der Waals surface area contributed by atoms with Crippen LogP contribution in [0.3, 0.4) is 0 Å². The van der Waals surface area contributed by atoms with E-state index in [1.807, 2.05) is 6.92 Å². The minimum Gasteiger partial charge on any atom is -0.393 e. The van der Waals surface area contributed by atoms with E-state index in [4.69, 9.17) is 21.1 Å². The van der Waals surface area contributed by atoms with E-state index in [0.29, 0.717) is 54.0 Å². The lowest BCUT2D eigenvalue weighted by atomic mass is 9.93. The molecule has 178 valence electrons. The number of amides is 1. The molecule has 0 radical (unpaired) electrons. The summed E-state index contributed by atoms with van der Waals surface area (Å²) in [5, 5.41) is 12.9. The molecule has 1 saturated heterocycles. The molecule has 1 amide bonds. The lowest BCUT2D eigenvalue weighted by Crippen LogP contribution is -2.25. The number of aliphatic hydroxyl groups is 1. The highest BCUT2D eigenvalue weighted by molar-refractivity contribution is 7.99. The van der Waals surface area contributed by atoms with Crippen LogP contribution in [0.4, 0.5) is 18.9 Å². The Hall–Kier alpha value is -1.78. The van der Waals surface area contributed by atoms with E-state index in [9.17, 15) is 23.1 Å². The van der Waals surface area contributed by atoms with Crippen molar-refractivity contribution in [3.05, 3.63) is 58.4 Å². The van der Waals surface area contributed by atoms with Crippen molar-refractivity contribution in [3.63, 3.8) is 0 Å². The molecular formula is C23H23ClF3NO4S. The lowest BCUT2D eigenvalue weighted by Gasteiger charge is -2.24. The van der Waals surface area contributed by atoms with Crippen molar-refractivity contribution in [3.8, 4) is 0 Å². The van der Waals surface area contributed by atoms with Gasteiger partial charge >= 0.3 is 0 Å². The highest BCUT2D eigenvalue weighted by Gasteiger charge is 2.54. The van der Waals surface area contributed by atoms with Crippen LogP contribution in [0.5, 0.6) is 0 Å². The van der Waals surface area contributed by atoms with Crippen molar-refractivity contribution in [1.82, 2.24) is 0 Å². The van der Waals surface area contributed by atoms with Crippen LogP contribution in [-0.2, 0) is 9.47 Å². The van der Waals surface area contributed by atoms with Crippen LogP contribution in [0.2, 0.25) is 5.02 Å². The maximum Gasteiger partial charge on any atom is 0.255 e.